The summed E-state index contributed by atoms with van der Waals surface area (Å²) in [4.78, 5) is 16.8. The molecule has 1 aromatic heterocycles. The summed E-state index contributed by atoms with van der Waals surface area (Å²) in [6.45, 7) is 0. The zero-order chi connectivity index (χ0) is 25.4. The number of amides is 1. The molecule has 1 aliphatic carbocycles. The van der Waals surface area contributed by atoms with Crippen LogP contribution in [-0.4, -0.2) is 10.9 Å². The van der Waals surface area contributed by atoms with Gasteiger partial charge in [0.15, 0.2) is 0 Å². The van der Waals surface area contributed by atoms with Crippen LogP contribution in [0.3, 0.4) is 0 Å². The molecular formula is C25H19F7N2O. The molecule has 35 heavy (non-hydrogen) atoms. The van der Waals surface area contributed by atoms with Crippen LogP contribution in [0, 0.1) is 11.7 Å². The first kappa shape index (κ1) is 24.7. The third kappa shape index (κ3) is 5.47. The molecule has 0 aliphatic heterocycles. The van der Waals surface area contributed by atoms with Gasteiger partial charge in [-0.05, 0) is 54.3 Å². The van der Waals surface area contributed by atoms with Crippen molar-refractivity contribution in [3.8, 4) is 0 Å². The van der Waals surface area contributed by atoms with Crippen molar-refractivity contribution in [2.24, 2.45) is 5.92 Å². The van der Waals surface area contributed by atoms with Crippen molar-refractivity contribution >= 4 is 5.91 Å². The summed E-state index contributed by atoms with van der Waals surface area (Å²) in [6.07, 6.45) is -8.11. The zero-order valence-electron chi connectivity index (χ0n) is 18.1. The van der Waals surface area contributed by atoms with E-state index in [4.69, 9.17) is 0 Å². The second kappa shape index (κ2) is 8.98. The predicted molar refractivity (Wildman–Crippen MR) is 112 cm³/mol. The van der Waals surface area contributed by atoms with Crippen LogP contribution in [0.25, 0.3) is 0 Å². The van der Waals surface area contributed by atoms with E-state index in [-0.39, 0.29) is 17.7 Å². The van der Waals surface area contributed by atoms with Gasteiger partial charge in [-0.25, -0.2) is 4.39 Å². The maximum atomic E-state index is 14.5. The number of benzene rings is 2. The summed E-state index contributed by atoms with van der Waals surface area (Å²) in [5.41, 5.74) is -4.12. The molecule has 0 radical (unpaired) electrons. The maximum absolute atomic E-state index is 14.5. The van der Waals surface area contributed by atoms with Crippen LogP contribution in [0.4, 0.5) is 30.7 Å². The van der Waals surface area contributed by atoms with Crippen molar-refractivity contribution < 1.29 is 35.5 Å². The number of hydrogen-bond acceptors (Lipinski definition) is 2. The lowest BCUT2D eigenvalue weighted by molar-refractivity contribution is -0.138. The second-order valence-electron chi connectivity index (χ2n) is 8.49. The molecule has 1 aliphatic rings. The maximum Gasteiger partial charge on any atom is 0.417 e. The average molecular weight is 496 g/mol. The molecule has 0 saturated heterocycles. The summed E-state index contributed by atoms with van der Waals surface area (Å²) in [7, 11) is 0. The van der Waals surface area contributed by atoms with E-state index in [1.807, 2.05) is 0 Å². The first-order valence-corrected chi connectivity index (χ1v) is 10.7. The quantitative estimate of drug-likeness (QED) is 0.409. The van der Waals surface area contributed by atoms with Crippen LogP contribution in [0.2, 0.25) is 0 Å². The van der Waals surface area contributed by atoms with Crippen LogP contribution >= 0.6 is 0 Å². The molecule has 1 fully saturated rings. The smallest absolute Gasteiger partial charge is 0.340 e. The highest BCUT2D eigenvalue weighted by Gasteiger charge is 2.44. The molecule has 1 heterocycles. The highest BCUT2D eigenvalue weighted by molar-refractivity contribution is 5.82. The molecule has 10 heteroatoms. The molecule has 3 nitrogen and oxygen atoms in total. The molecule has 1 saturated carbocycles. The topological polar surface area (TPSA) is 42.0 Å². The van der Waals surface area contributed by atoms with Gasteiger partial charge in [-0.3, -0.25) is 9.78 Å². The van der Waals surface area contributed by atoms with E-state index < -0.39 is 46.7 Å². The van der Waals surface area contributed by atoms with Crippen LogP contribution < -0.4 is 5.32 Å². The van der Waals surface area contributed by atoms with Gasteiger partial charge in [0.05, 0.1) is 16.8 Å². The van der Waals surface area contributed by atoms with E-state index in [1.54, 1.807) is 30.3 Å². The van der Waals surface area contributed by atoms with Crippen molar-refractivity contribution in [3.05, 3.63) is 101 Å². The molecule has 2 aromatic carbocycles. The Bertz CT molecular complexity index is 1200. The Morgan fingerprint density at radius 1 is 0.857 bits per heavy atom. The van der Waals surface area contributed by atoms with Crippen LogP contribution in [-0.2, 0) is 29.1 Å². The highest BCUT2D eigenvalue weighted by Crippen LogP contribution is 2.40. The zero-order valence-corrected chi connectivity index (χ0v) is 18.1. The SMILES string of the molecule is O=C(N[C@@](Cc1ccccc1)(c1cc(F)cc(C(F)(F)F)c1)c1ccc(C(F)(F)F)cn1)C1CC1. The van der Waals surface area contributed by atoms with Crippen molar-refractivity contribution in [2.75, 3.05) is 0 Å². The summed E-state index contributed by atoms with van der Waals surface area (Å²) < 4.78 is 94.6. The minimum absolute atomic E-state index is 0.151. The van der Waals surface area contributed by atoms with E-state index in [2.05, 4.69) is 10.3 Å². The molecule has 3 aromatic rings. The van der Waals surface area contributed by atoms with Crippen LogP contribution in [0.5, 0.6) is 0 Å². The number of alkyl halides is 6. The molecule has 4 rings (SSSR count). The van der Waals surface area contributed by atoms with Gasteiger partial charge in [-0.1, -0.05) is 30.3 Å². The van der Waals surface area contributed by atoms with E-state index in [0.717, 1.165) is 18.2 Å². The fourth-order valence-corrected chi connectivity index (χ4v) is 3.89. The van der Waals surface area contributed by atoms with Crippen molar-refractivity contribution in [1.29, 1.82) is 0 Å². The van der Waals surface area contributed by atoms with Crippen LogP contribution in [0.15, 0.2) is 66.9 Å². The van der Waals surface area contributed by atoms with Gasteiger partial charge in [-0.2, -0.15) is 26.3 Å². The van der Waals surface area contributed by atoms with Gasteiger partial charge in [0.25, 0.3) is 0 Å². The van der Waals surface area contributed by atoms with Crippen LogP contribution in [0.1, 0.15) is 40.8 Å². The lowest BCUT2D eigenvalue weighted by Crippen LogP contribution is -2.50. The van der Waals surface area contributed by atoms with E-state index in [0.29, 0.717) is 36.7 Å². The molecule has 0 spiro atoms. The summed E-state index contributed by atoms with van der Waals surface area (Å²) in [6, 6.07) is 11.9. The normalized spacial score (nSPS) is 16.0. The van der Waals surface area contributed by atoms with Crippen molar-refractivity contribution in [1.82, 2.24) is 10.3 Å². The second-order valence-corrected chi connectivity index (χ2v) is 8.49. The molecule has 1 amide bonds. The lowest BCUT2D eigenvalue weighted by atomic mass is 9.79. The summed E-state index contributed by atoms with van der Waals surface area (Å²) >= 11 is 0. The Morgan fingerprint density at radius 2 is 1.49 bits per heavy atom. The predicted octanol–water partition coefficient (Wildman–Crippen LogP) is 6.27. The van der Waals surface area contributed by atoms with Gasteiger partial charge in [0.2, 0.25) is 5.91 Å². The number of halogens is 7. The first-order valence-electron chi connectivity index (χ1n) is 10.7. The number of carbonyl (C=O) groups excluding carboxylic acids is 1. The monoisotopic (exact) mass is 496 g/mol. The lowest BCUT2D eigenvalue weighted by Gasteiger charge is -2.36. The third-order valence-electron chi connectivity index (χ3n) is 5.84. The summed E-state index contributed by atoms with van der Waals surface area (Å²) in [5.74, 6) is -2.10. The minimum Gasteiger partial charge on any atom is -0.340 e. The standard InChI is InChI=1S/C25H19F7N2O/c26-20-11-18(10-19(12-20)25(30,31)32)23(34-22(35)16-6-7-16,13-15-4-2-1-3-5-15)21-9-8-17(14-33-21)24(27,28)29/h1-5,8-12,14,16H,6-7,13H2,(H,34,35)/t23-/m0/s1. The minimum atomic E-state index is -4.90. The number of pyridine rings is 1. The largest absolute Gasteiger partial charge is 0.417 e. The van der Waals surface area contributed by atoms with Gasteiger partial charge in [-0.15, -0.1) is 0 Å². The fourth-order valence-electron chi connectivity index (χ4n) is 3.89. The Morgan fingerprint density at radius 3 is 2.03 bits per heavy atom. The summed E-state index contributed by atoms with van der Waals surface area (Å²) in [5, 5.41) is 2.72. The molecule has 1 atom stereocenters. The number of nitrogens with zero attached hydrogens (tertiary/aromatic N) is 1. The number of aromatic nitrogens is 1. The number of rotatable bonds is 6. The first-order chi connectivity index (χ1) is 16.4. The van der Waals surface area contributed by atoms with Crippen molar-refractivity contribution in [2.45, 2.75) is 37.2 Å². The molecular weight excluding hydrogens is 477 g/mol. The highest BCUT2D eigenvalue weighted by atomic mass is 19.4. The number of carbonyl (C=O) groups is 1. The van der Waals surface area contributed by atoms with E-state index >= 15 is 0 Å². The Hall–Kier alpha value is -3.43. The number of nitrogens with one attached hydrogen (secondary N) is 1. The molecule has 1 N–H and O–H groups in total. The molecule has 0 unspecified atom stereocenters. The van der Waals surface area contributed by atoms with E-state index in [9.17, 15) is 35.5 Å². The average Bonchev–Trinajstić information content (AvgIpc) is 3.63. The molecule has 0 bridgehead atoms. The van der Waals surface area contributed by atoms with Gasteiger partial charge >= 0.3 is 12.4 Å². The Kier molecular flexibility index (Phi) is 6.33. The molecule has 184 valence electrons. The van der Waals surface area contributed by atoms with Gasteiger partial charge in [0.1, 0.15) is 11.4 Å². The van der Waals surface area contributed by atoms with E-state index in [1.165, 1.54) is 0 Å². The fraction of sp³-hybridized carbons (Fsp3) is 0.280. The number of hydrogen-bond donors (Lipinski definition) is 1. The van der Waals surface area contributed by atoms with Gasteiger partial charge in [0, 0.05) is 18.5 Å². The van der Waals surface area contributed by atoms with Gasteiger partial charge < -0.3 is 5.32 Å². The third-order valence-corrected chi connectivity index (χ3v) is 5.84. The van der Waals surface area contributed by atoms with Crippen molar-refractivity contribution in [3.63, 3.8) is 0 Å². The Balaban J connectivity index is 1.96. The Labute approximate surface area is 196 Å².